The molecule has 1 heterocycles. The molecule has 0 aliphatic heterocycles. The van der Waals surface area contributed by atoms with Gasteiger partial charge in [0.25, 0.3) is 0 Å². The molecule has 8 heteroatoms. The Bertz CT molecular complexity index is 1160. The van der Waals surface area contributed by atoms with Gasteiger partial charge in [0.05, 0.1) is 18.4 Å². The van der Waals surface area contributed by atoms with Crippen molar-refractivity contribution in [3.63, 3.8) is 0 Å². The zero-order valence-corrected chi connectivity index (χ0v) is 20.4. The van der Waals surface area contributed by atoms with Crippen LogP contribution in [0.4, 0.5) is 0 Å². The number of rotatable bonds is 10. The van der Waals surface area contributed by atoms with Crippen molar-refractivity contribution < 1.29 is 19.1 Å². The van der Waals surface area contributed by atoms with Crippen molar-refractivity contribution >= 4 is 23.5 Å². The SMILES string of the molecule is CCn1c(COc2ccc3c(c2)CCCC3)nnc1SCC(=O)Cc1ccc(C(=O)OC)cc1. The molecule has 0 unspecified atom stereocenters. The molecular weight excluding hydrogens is 450 g/mol. The van der Waals surface area contributed by atoms with Gasteiger partial charge in [0.2, 0.25) is 0 Å². The number of aryl methyl sites for hydroxylation is 2. The van der Waals surface area contributed by atoms with Crippen LogP contribution in [0.5, 0.6) is 5.75 Å². The third-order valence-electron chi connectivity index (χ3n) is 5.94. The molecule has 4 rings (SSSR count). The number of methoxy groups -OCH3 is 1. The minimum Gasteiger partial charge on any atom is -0.486 e. The molecule has 2 aromatic carbocycles. The fourth-order valence-electron chi connectivity index (χ4n) is 4.10. The quantitative estimate of drug-likeness (QED) is 0.314. The second-order valence-corrected chi connectivity index (χ2v) is 9.20. The first-order valence-electron chi connectivity index (χ1n) is 11.6. The van der Waals surface area contributed by atoms with Gasteiger partial charge in [-0.25, -0.2) is 4.79 Å². The van der Waals surface area contributed by atoms with Crippen molar-refractivity contribution in [1.29, 1.82) is 0 Å². The molecule has 0 spiro atoms. The molecule has 0 fully saturated rings. The van der Waals surface area contributed by atoms with E-state index in [9.17, 15) is 9.59 Å². The molecule has 0 N–H and O–H groups in total. The van der Waals surface area contributed by atoms with Crippen LogP contribution in [0.1, 0.15) is 52.6 Å². The summed E-state index contributed by atoms with van der Waals surface area (Å²) in [6.45, 7) is 3.06. The van der Waals surface area contributed by atoms with Crippen molar-refractivity contribution in [3.8, 4) is 5.75 Å². The largest absolute Gasteiger partial charge is 0.486 e. The molecule has 178 valence electrons. The van der Waals surface area contributed by atoms with Gasteiger partial charge in [-0.2, -0.15) is 0 Å². The molecule has 0 bridgehead atoms. The molecule has 0 radical (unpaired) electrons. The van der Waals surface area contributed by atoms with Crippen molar-refractivity contribution in [2.45, 2.75) is 57.3 Å². The third kappa shape index (κ3) is 5.86. The molecule has 0 saturated heterocycles. The first kappa shape index (κ1) is 24.0. The van der Waals surface area contributed by atoms with E-state index in [1.807, 2.05) is 17.6 Å². The number of hydrogen-bond donors (Lipinski definition) is 0. The maximum Gasteiger partial charge on any atom is 0.337 e. The van der Waals surface area contributed by atoms with Gasteiger partial charge < -0.3 is 14.0 Å². The summed E-state index contributed by atoms with van der Waals surface area (Å²) in [5, 5.41) is 9.29. The Morgan fingerprint density at radius 2 is 1.79 bits per heavy atom. The van der Waals surface area contributed by atoms with Gasteiger partial charge >= 0.3 is 5.97 Å². The van der Waals surface area contributed by atoms with Gasteiger partial charge in [-0.15, -0.1) is 10.2 Å². The zero-order valence-electron chi connectivity index (χ0n) is 19.6. The van der Waals surface area contributed by atoms with Gasteiger partial charge in [-0.3, -0.25) is 4.79 Å². The van der Waals surface area contributed by atoms with E-state index in [1.54, 1.807) is 24.3 Å². The van der Waals surface area contributed by atoms with E-state index < -0.39 is 5.97 Å². The lowest BCUT2D eigenvalue weighted by Crippen LogP contribution is -2.10. The van der Waals surface area contributed by atoms with Crippen molar-refractivity contribution in [1.82, 2.24) is 14.8 Å². The second kappa shape index (κ2) is 11.3. The minimum absolute atomic E-state index is 0.0772. The first-order chi connectivity index (χ1) is 16.6. The average Bonchev–Trinajstić information content (AvgIpc) is 3.27. The van der Waals surface area contributed by atoms with Crippen molar-refractivity contribution in [2.24, 2.45) is 0 Å². The molecule has 0 atom stereocenters. The molecule has 1 aliphatic carbocycles. The molecular formula is C26H29N3O4S. The molecule has 3 aromatic rings. The predicted octanol–water partition coefficient (Wildman–Crippen LogP) is 4.45. The van der Waals surface area contributed by atoms with Crippen LogP contribution in [-0.2, 0) is 41.9 Å². The molecule has 1 aliphatic rings. The number of carbonyl (C=O) groups excluding carboxylic acids is 2. The van der Waals surface area contributed by atoms with Crippen LogP contribution in [0.3, 0.4) is 0 Å². The lowest BCUT2D eigenvalue weighted by molar-refractivity contribution is -0.116. The number of nitrogens with zero attached hydrogens (tertiary/aromatic N) is 3. The number of benzene rings is 2. The molecule has 0 amide bonds. The van der Waals surface area contributed by atoms with Crippen molar-refractivity contribution in [2.75, 3.05) is 12.9 Å². The topological polar surface area (TPSA) is 83.3 Å². The van der Waals surface area contributed by atoms with E-state index in [1.165, 1.54) is 42.8 Å². The Hall–Kier alpha value is -3.13. The summed E-state index contributed by atoms with van der Waals surface area (Å²) in [4.78, 5) is 24.0. The zero-order chi connectivity index (χ0) is 23.9. The van der Waals surface area contributed by atoms with Gasteiger partial charge in [-0.05, 0) is 73.6 Å². The summed E-state index contributed by atoms with van der Waals surface area (Å²) < 4.78 is 12.7. The Balaban J connectivity index is 1.31. The number of hydrogen-bond acceptors (Lipinski definition) is 7. The summed E-state index contributed by atoms with van der Waals surface area (Å²) in [5.74, 6) is 1.58. The van der Waals surface area contributed by atoms with E-state index in [2.05, 4.69) is 22.3 Å². The first-order valence-corrected chi connectivity index (χ1v) is 12.5. The lowest BCUT2D eigenvalue weighted by atomic mass is 9.92. The van der Waals surface area contributed by atoms with Gasteiger partial charge in [0.1, 0.15) is 18.1 Å². The van der Waals surface area contributed by atoms with E-state index in [-0.39, 0.29) is 5.78 Å². The maximum atomic E-state index is 12.5. The average molecular weight is 480 g/mol. The summed E-state index contributed by atoms with van der Waals surface area (Å²) in [6.07, 6.45) is 5.05. The van der Waals surface area contributed by atoms with Gasteiger partial charge in [0, 0.05) is 13.0 Å². The number of aromatic nitrogens is 3. The van der Waals surface area contributed by atoms with E-state index in [0.29, 0.717) is 36.0 Å². The summed E-state index contributed by atoms with van der Waals surface area (Å²) in [7, 11) is 1.34. The highest BCUT2D eigenvalue weighted by Crippen LogP contribution is 2.26. The number of thioether (sulfide) groups is 1. The van der Waals surface area contributed by atoms with Crippen LogP contribution in [0.25, 0.3) is 0 Å². The predicted molar refractivity (Wildman–Crippen MR) is 130 cm³/mol. The summed E-state index contributed by atoms with van der Waals surface area (Å²) in [6, 6.07) is 13.2. The fourth-order valence-corrected chi connectivity index (χ4v) is 4.98. The Labute approximate surface area is 203 Å². The lowest BCUT2D eigenvalue weighted by Gasteiger charge is -2.16. The molecule has 7 nitrogen and oxygen atoms in total. The van der Waals surface area contributed by atoms with Gasteiger partial charge in [-0.1, -0.05) is 30.0 Å². The number of esters is 1. The molecule has 1 aromatic heterocycles. The van der Waals surface area contributed by atoms with Crippen molar-refractivity contribution in [3.05, 3.63) is 70.5 Å². The van der Waals surface area contributed by atoms with Crippen LogP contribution in [-0.4, -0.2) is 39.4 Å². The van der Waals surface area contributed by atoms with E-state index >= 15 is 0 Å². The second-order valence-electron chi connectivity index (χ2n) is 8.26. The third-order valence-corrected chi connectivity index (χ3v) is 6.96. The highest BCUT2D eigenvalue weighted by molar-refractivity contribution is 7.99. The van der Waals surface area contributed by atoms with E-state index in [4.69, 9.17) is 9.47 Å². The smallest absolute Gasteiger partial charge is 0.337 e. The van der Waals surface area contributed by atoms with Crippen LogP contribution in [0, 0.1) is 0 Å². The Morgan fingerprint density at radius 3 is 2.53 bits per heavy atom. The molecule has 34 heavy (non-hydrogen) atoms. The molecule has 0 saturated carbocycles. The highest BCUT2D eigenvalue weighted by Gasteiger charge is 2.15. The number of Topliss-reactive ketones (excluding diaryl/α,β-unsaturated/α-hetero) is 1. The standard InChI is InChI=1S/C26H29N3O4S/c1-3-29-24(16-33-23-13-12-19-6-4-5-7-21(19)15-23)27-28-26(29)34-17-22(30)14-18-8-10-20(11-9-18)25(31)32-2/h8-13,15H,3-7,14,16-17H2,1-2H3. The Morgan fingerprint density at radius 1 is 1.03 bits per heavy atom. The number of carbonyl (C=O) groups is 2. The monoisotopic (exact) mass is 479 g/mol. The summed E-state index contributed by atoms with van der Waals surface area (Å²) >= 11 is 1.38. The summed E-state index contributed by atoms with van der Waals surface area (Å²) in [5.41, 5.74) is 4.14. The van der Waals surface area contributed by atoms with Crippen LogP contribution >= 0.6 is 11.8 Å². The van der Waals surface area contributed by atoms with Crippen LogP contribution < -0.4 is 4.74 Å². The number of ketones is 1. The normalized spacial score (nSPS) is 12.8. The maximum absolute atomic E-state index is 12.5. The van der Waals surface area contributed by atoms with E-state index in [0.717, 1.165) is 30.0 Å². The number of ether oxygens (including phenoxy) is 2. The number of fused-ring (bicyclic) bond motifs is 1. The van der Waals surface area contributed by atoms with Crippen LogP contribution in [0.2, 0.25) is 0 Å². The van der Waals surface area contributed by atoms with Gasteiger partial charge in [0.15, 0.2) is 11.0 Å². The minimum atomic E-state index is -0.390. The highest BCUT2D eigenvalue weighted by atomic mass is 32.2. The Kier molecular flexibility index (Phi) is 8.00. The fraction of sp³-hybridized carbons (Fsp3) is 0.385. The van der Waals surface area contributed by atoms with Crippen LogP contribution in [0.15, 0.2) is 47.6 Å².